The van der Waals surface area contributed by atoms with E-state index in [1.54, 1.807) is 7.11 Å². The second kappa shape index (κ2) is 17.4. The second-order valence-electron chi connectivity index (χ2n) is 7.58. The molecular weight excluding hydrogens is 521 g/mol. The fraction of sp³-hybridized carbons (Fsp3) is 0.346. The largest absolute Gasteiger partial charge is 1.00 e. The minimum absolute atomic E-state index is 0. The molecule has 3 rings (SSSR count). The first-order valence-corrected chi connectivity index (χ1v) is 11.1. The van der Waals surface area contributed by atoms with Crippen molar-refractivity contribution >= 4 is 39.4 Å². The summed E-state index contributed by atoms with van der Waals surface area (Å²) in [6, 6.07) is 12.0. The van der Waals surface area contributed by atoms with Gasteiger partial charge in [0.1, 0.15) is 11.6 Å². The molecule has 1 aromatic heterocycles. The Hall–Kier alpha value is -1.03. The standard InChI is InChI=1S/C22H25BrN3O2.C2H6.CHO.CH3.K/c1-14-25-18-11-20(28-13-22(2,3)4)19(27-5)10-17(18)21(26-14)24-12-15-7-6-8-16(23)9-15;2*1-2;;/h6-11H,2,12-13H2,1,3-5H3,(H,24,25,26);1-2H3;1H;1H3;/q-1;;2*-1;+1. The van der Waals surface area contributed by atoms with Crippen LogP contribution in [-0.4, -0.2) is 30.5 Å². The van der Waals surface area contributed by atoms with E-state index in [-0.39, 0.29) is 64.2 Å². The molecule has 182 valence electrons. The summed E-state index contributed by atoms with van der Waals surface area (Å²) in [5, 5.41) is 4.31. The number of aromatic nitrogens is 2. The molecule has 0 unspecified atom stereocenters. The summed E-state index contributed by atoms with van der Waals surface area (Å²) in [6.07, 6.45) is 0. The molecule has 0 spiro atoms. The summed E-state index contributed by atoms with van der Waals surface area (Å²) in [5.41, 5.74) is 1.77. The Labute approximate surface area is 256 Å². The summed E-state index contributed by atoms with van der Waals surface area (Å²) in [5.74, 6) is 2.76. The van der Waals surface area contributed by atoms with Gasteiger partial charge in [-0.2, -0.15) is 0 Å². The van der Waals surface area contributed by atoms with Crippen molar-refractivity contribution in [2.45, 2.75) is 41.2 Å². The topological polar surface area (TPSA) is 73.3 Å². The van der Waals surface area contributed by atoms with Crippen molar-refractivity contribution < 1.29 is 65.7 Å². The van der Waals surface area contributed by atoms with E-state index in [1.165, 1.54) is 0 Å². The third-order valence-electron chi connectivity index (χ3n) is 4.06. The Morgan fingerprint density at radius 1 is 1.12 bits per heavy atom. The maximum atomic E-state index is 7.75. The molecule has 0 aliphatic carbocycles. The van der Waals surface area contributed by atoms with Gasteiger partial charge in [-0.05, 0) is 30.7 Å². The first kappa shape index (κ1) is 35.1. The Morgan fingerprint density at radius 2 is 1.76 bits per heavy atom. The van der Waals surface area contributed by atoms with Crippen molar-refractivity contribution in [2.75, 3.05) is 19.0 Å². The number of hydrogen-bond acceptors (Lipinski definition) is 6. The van der Waals surface area contributed by atoms with Crippen LogP contribution in [0.4, 0.5) is 5.82 Å². The number of carbonyl (C=O) groups excluding carboxylic acids is 1. The molecule has 0 bridgehead atoms. The van der Waals surface area contributed by atoms with E-state index in [9.17, 15) is 0 Å². The molecule has 3 aromatic rings. The average molecular weight is 557 g/mol. The zero-order valence-corrected chi connectivity index (χ0v) is 26.4. The molecule has 1 N–H and O–H groups in total. The molecule has 0 saturated carbocycles. The SMILES string of the molecule is CC.[CH-]=O.[CH2-]C(C)(C)COc1cc2nc(C)nc(NCc3cccc(Br)c3)c2cc1OC.[CH3-].[K+]. The van der Waals surface area contributed by atoms with Crippen LogP contribution in [0.15, 0.2) is 40.9 Å². The smallest absolute Gasteiger partial charge is 0.545 e. The summed E-state index contributed by atoms with van der Waals surface area (Å²) < 4.78 is 12.5. The van der Waals surface area contributed by atoms with Crippen molar-refractivity contribution in [3.63, 3.8) is 0 Å². The monoisotopic (exact) mass is 555 g/mol. The van der Waals surface area contributed by atoms with Crippen LogP contribution in [0.2, 0.25) is 0 Å². The molecule has 0 radical (unpaired) electrons. The molecule has 0 atom stereocenters. The van der Waals surface area contributed by atoms with E-state index >= 15 is 0 Å². The normalized spacial score (nSPS) is 9.76. The van der Waals surface area contributed by atoms with Crippen LogP contribution in [0.1, 0.15) is 39.1 Å². The van der Waals surface area contributed by atoms with Gasteiger partial charge in [0, 0.05) is 22.5 Å². The van der Waals surface area contributed by atoms with Gasteiger partial charge < -0.3 is 33.9 Å². The van der Waals surface area contributed by atoms with Crippen LogP contribution >= 0.6 is 15.9 Å². The van der Waals surface area contributed by atoms with Crippen LogP contribution in [0.25, 0.3) is 10.9 Å². The number of ether oxygens (including phenoxy) is 2. The molecule has 0 amide bonds. The first-order chi connectivity index (χ1) is 15.2. The Morgan fingerprint density at radius 3 is 2.32 bits per heavy atom. The van der Waals surface area contributed by atoms with E-state index in [4.69, 9.17) is 14.3 Å². The molecule has 1 heterocycles. The maximum absolute atomic E-state index is 7.75. The number of nitrogens with one attached hydrogen (secondary N) is 1. The minimum atomic E-state index is -0.196. The van der Waals surface area contributed by atoms with Gasteiger partial charge in [0.25, 0.3) is 0 Å². The van der Waals surface area contributed by atoms with Crippen molar-refractivity contribution in [2.24, 2.45) is 5.41 Å². The molecule has 34 heavy (non-hydrogen) atoms. The number of benzene rings is 2. The van der Waals surface area contributed by atoms with Crippen LogP contribution < -0.4 is 66.2 Å². The van der Waals surface area contributed by atoms with Gasteiger partial charge in [-0.25, -0.2) is 9.97 Å². The summed E-state index contributed by atoms with van der Waals surface area (Å²) in [4.78, 5) is 16.9. The average Bonchev–Trinajstić information content (AvgIpc) is 2.77. The summed E-state index contributed by atoms with van der Waals surface area (Å²) in [7, 11) is 1.63. The van der Waals surface area contributed by atoms with E-state index in [0.717, 1.165) is 26.8 Å². The van der Waals surface area contributed by atoms with Gasteiger partial charge in [0.2, 0.25) is 0 Å². The molecule has 6 nitrogen and oxygen atoms in total. The molecular formula is C26H35BrKN3O3-2. The quantitative estimate of drug-likeness (QED) is 0.272. The van der Waals surface area contributed by atoms with Crippen molar-refractivity contribution in [1.29, 1.82) is 0 Å². The number of nitrogens with zero attached hydrogens (tertiary/aromatic N) is 2. The van der Waals surface area contributed by atoms with Crippen LogP contribution in [0.3, 0.4) is 0 Å². The number of rotatable bonds is 7. The molecule has 0 fully saturated rings. The fourth-order valence-corrected chi connectivity index (χ4v) is 3.21. The number of fused-ring (bicyclic) bond motifs is 1. The van der Waals surface area contributed by atoms with E-state index in [2.05, 4.69) is 57.1 Å². The molecule has 0 saturated heterocycles. The van der Waals surface area contributed by atoms with Crippen molar-refractivity contribution in [3.8, 4) is 11.5 Å². The van der Waals surface area contributed by atoms with Crippen molar-refractivity contribution in [3.05, 3.63) is 66.6 Å². The number of methoxy groups -OCH3 is 1. The molecule has 8 heteroatoms. The van der Waals surface area contributed by atoms with Crippen LogP contribution in [-0.2, 0) is 11.3 Å². The van der Waals surface area contributed by atoms with Gasteiger partial charge in [-0.3, -0.25) is 6.79 Å². The van der Waals surface area contributed by atoms with Crippen LogP contribution in [0.5, 0.6) is 11.5 Å². The number of aryl methyl sites for hydroxylation is 1. The summed E-state index contributed by atoms with van der Waals surface area (Å²) in [6.45, 7) is 18.4. The van der Waals surface area contributed by atoms with E-state index in [0.29, 0.717) is 30.5 Å². The number of hydrogen-bond donors (Lipinski definition) is 1. The predicted molar refractivity (Wildman–Crippen MR) is 141 cm³/mol. The van der Waals surface area contributed by atoms with E-state index < -0.39 is 0 Å². The van der Waals surface area contributed by atoms with Gasteiger partial charge >= 0.3 is 51.4 Å². The second-order valence-corrected chi connectivity index (χ2v) is 8.49. The van der Waals surface area contributed by atoms with Gasteiger partial charge in [0.15, 0.2) is 11.5 Å². The number of anilines is 1. The predicted octanol–water partition coefficient (Wildman–Crippen LogP) is 3.77. The van der Waals surface area contributed by atoms with E-state index in [1.807, 2.05) is 58.9 Å². The Bertz CT molecular complexity index is 1010. The summed E-state index contributed by atoms with van der Waals surface area (Å²) >= 11 is 3.51. The van der Waals surface area contributed by atoms with Gasteiger partial charge in [-0.1, -0.05) is 55.8 Å². The maximum Gasteiger partial charge on any atom is 1.00 e. The Kier molecular flexibility index (Phi) is 18.0. The van der Waals surface area contributed by atoms with Gasteiger partial charge in [-0.15, -0.1) is 5.41 Å². The molecule has 0 aliphatic heterocycles. The third kappa shape index (κ3) is 11.1. The van der Waals surface area contributed by atoms with Gasteiger partial charge in [0.05, 0.1) is 19.2 Å². The first-order valence-electron chi connectivity index (χ1n) is 10.3. The van der Waals surface area contributed by atoms with Crippen LogP contribution in [0, 0.1) is 26.7 Å². The molecule has 2 aromatic carbocycles. The zero-order chi connectivity index (χ0) is 24.3. The molecule has 0 aliphatic rings. The fourth-order valence-electron chi connectivity index (χ4n) is 2.77. The zero-order valence-electron chi connectivity index (χ0n) is 21.7. The Balaban J connectivity index is 0. The van der Waals surface area contributed by atoms with Crippen molar-refractivity contribution in [1.82, 2.24) is 9.97 Å². The number of halogens is 1. The minimum Gasteiger partial charge on any atom is -0.545 e. The third-order valence-corrected chi connectivity index (χ3v) is 4.55.